The van der Waals surface area contributed by atoms with E-state index in [1.165, 1.54) is 5.56 Å². The summed E-state index contributed by atoms with van der Waals surface area (Å²) < 4.78 is 1.16. The van der Waals surface area contributed by atoms with Crippen molar-refractivity contribution in [3.63, 3.8) is 0 Å². The van der Waals surface area contributed by atoms with Crippen LogP contribution in [0.25, 0.3) is 0 Å². The van der Waals surface area contributed by atoms with Crippen molar-refractivity contribution >= 4 is 19.4 Å². The van der Waals surface area contributed by atoms with Crippen LogP contribution in [0.4, 0.5) is 0 Å². The van der Waals surface area contributed by atoms with Crippen molar-refractivity contribution in [3.05, 3.63) is 29.8 Å². The summed E-state index contributed by atoms with van der Waals surface area (Å²) in [6, 6.07) is 8.33. The van der Waals surface area contributed by atoms with E-state index >= 15 is 0 Å². The van der Waals surface area contributed by atoms with Gasteiger partial charge in [0.05, 0.1) is 0 Å². The van der Waals surface area contributed by atoms with Gasteiger partial charge in [0.25, 0.3) is 0 Å². The normalized spacial score (nSPS) is 9.83. The van der Waals surface area contributed by atoms with Gasteiger partial charge in [-0.2, -0.15) is 0 Å². The molecule has 62 valence electrons. The van der Waals surface area contributed by atoms with Crippen LogP contribution in [-0.2, 0) is 0 Å². The zero-order chi connectivity index (χ0) is 8.97. The van der Waals surface area contributed by atoms with Crippen molar-refractivity contribution in [2.75, 3.05) is 0 Å². The SMILES string of the molecule is CC(C)c1ccc([Se]C#N)cc1. The molecule has 0 aliphatic carbocycles. The third-order valence-corrected chi connectivity index (χ3v) is 2.97. The van der Waals surface area contributed by atoms with Crippen LogP contribution < -0.4 is 4.46 Å². The Morgan fingerprint density at radius 2 is 1.83 bits per heavy atom. The maximum absolute atomic E-state index is 8.48. The Hall–Kier alpha value is -0.771. The summed E-state index contributed by atoms with van der Waals surface area (Å²) in [6.45, 7) is 4.34. The number of benzene rings is 1. The molecule has 0 aliphatic heterocycles. The molecule has 0 amide bonds. The van der Waals surface area contributed by atoms with E-state index in [1.54, 1.807) is 0 Å². The summed E-state index contributed by atoms with van der Waals surface area (Å²) in [4.78, 5) is 2.20. The predicted molar refractivity (Wildman–Crippen MR) is 51.5 cm³/mol. The number of hydrogen-bond acceptors (Lipinski definition) is 1. The summed E-state index contributed by atoms with van der Waals surface area (Å²) in [7, 11) is 0. The molecule has 1 aromatic rings. The van der Waals surface area contributed by atoms with E-state index in [4.69, 9.17) is 5.26 Å². The second kappa shape index (κ2) is 4.30. The van der Waals surface area contributed by atoms with Gasteiger partial charge in [-0.15, -0.1) is 0 Å². The van der Waals surface area contributed by atoms with Crippen LogP contribution in [0.1, 0.15) is 25.3 Å². The Kier molecular flexibility index (Phi) is 3.34. The molecule has 1 nitrogen and oxygen atoms in total. The Morgan fingerprint density at radius 3 is 2.25 bits per heavy atom. The van der Waals surface area contributed by atoms with E-state index in [0.29, 0.717) is 5.92 Å². The maximum atomic E-state index is 8.48. The fourth-order valence-electron chi connectivity index (χ4n) is 0.973. The average Bonchev–Trinajstić information content (AvgIpc) is 2.06. The first-order valence-corrected chi connectivity index (χ1v) is 5.61. The summed E-state index contributed by atoms with van der Waals surface area (Å²) in [6.07, 6.45) is 0. The second-order valence-corrected chi connectivity index (χ2v) is 4.72. The third kappa shape index (κ3) is 2.37. The minimum absolute atomic E-state index is 0.00445. The van der Waals surface area contributed by atoms with E-state index in [9.17, 15) is 0 Å². The van der Waals surface area contributed by atoms with Gasteiger partial charge >= 0.3 is 79.2 Å². The van der Waals surface area contributed by atoms with Gasteiger partial charge in [0, 0.05) is 0 Å². The quantitative estimate of drug-likeness (QED) is 0.700. The Bertz CT molecular complexity index is 282. The molecule has 0 spiro atoms. The fraction of sp³-hybridized carbons (Fsp3) is 0.300. The van der Waals surface area contributed by atoms with E-state index in [2.05, 4.69) is 43.1 Å². The molecule has 0 unspecified atom stereocenters. The van der Waals surface area contributed by atoms with Crippen LogP contribution >= 0.6 is 0 Å². The van der Waals surface area contributed by atoms with Crippen LogP contribution in [0.5, 0.6) is 0 Å². The van der Waals surface area contributed by atoms with Crippen molar-refractivity contribution in [1.82, 2.24) is 0 Å². The van der Waals surface area contributed by atoms with Crippen LogP contribution in [0.3, 0.4) is 0 Å². The number of hydrogen-bond donors (Lipinski definition) is 0. The van der Waals surface area contributed by atoms with Crippen LogP contribution in [0.15, 0.2) is 24.3 Å². The van der Waals surface area contributed by atoms with E-state index in [0.717, 1.165) is 4.46 Å². The number of nitriles is 1. The van der Waals surface area contributed by atoms with Gasteiger partial charge in [-0.3, -0.25) is 0 Å². The Balaban J connectivity index is 2.80. The molecule has 0 bridgehead atoms. The monoisotopic (exact) mass is 225 g/mol. The standard InChI is InChI=1S/C10H11NSe/c1-8(2)9-3-5-10(6-4-9)12-7-11/h3-6,8H,1-2H3. The molecular weight excluding hydrogens is 213 g/mol. The van der Waals surface area contributed by atoms with E-state index < -0.39 is 0 Å². The van der Waals surface area contributed by atoms with Gasteiger partial charge in [-0.25, -0.2) is 0 Å². The van der Waals surface area contributed by atoms with Crippen molar-refractivity contribution in [2.24, 2.45) is 0 Å². The Labute approximate surface area is 79.6 Å². The minimum atomic E-state index is -0.00445. The van der Waals surface area contributed by atoms with Crippen LogP contribution in [-0.4, -0.2) is 15.0 Å². The molecular formula is C10H11NSe. The van der Waals surface area contributed by atoms with E-state index in [-0.39, 0.29) is 15.0 Å². The first-order chi connectivity index (χ1) is 5.74. The summed E-state index contributed by atoms with van der Waals surface area (Å²) in [5.74, 6) is 0.577. The summed E-state index contributed by atoms with van der Waals surface area (Å²) in [5, 5.41) is 8.48. The van der Waals surface area contributed by atoms with Crippen LogP contribution in [0, 0.1) is 10.2 Å². The molecule has 0 radical (unpaired) electrons. The fourth-order valence-corrected chi connectivity index (χ4v) is 1.77. The van der Waals surface area contributed by atoms with Gasteiger partial charge in [-0.1, -0.05) is 0 Å². The molecule has 0 fully saturated rings. The van der Waals surface area contributed by atoms with E-state index in [1.807, 2.05) is 0 Å². The molecule has 1 rings (SSSR count). The molecule has 1 aromatic carbocycles. The molecule has 0 atom stereocenters. The van der Waals surface area contributed by atoms with Crippen molar-refractivity contribution in [2.45, 2.75) is 19.8 Å². The first-order valence-electron chi connectivity index (χ1n) is 3.90. The van der Waals surface area contributed by atoms with Crippen molar-refractivity contribution in [3.8, 4) is 4.97 Å². The van der Waals surface area contributed by atoms with Gasteiger partial charge in [0.2, 0.25) is 0 Å². The van der Waals surface area contributed by atoms with Gasteiger partial charge in [0.15, 0.2) is 0 Å². The average molecular weight is 224 g/mol. The number of nitrogens with zero attached hydrogens (tertiary/aromatic N) is 1. The second-order valence-electron chi connectivity index (χ2n) is 2.92. The molecule has 12 heavy (non-hydrogen) atoms. The van der Waals surface area contributed by atoms with Gasteiger partial charge < -0.3 is 0 Å². The molecule has 0 heterocycles. The molecule has 0 saturated heterocycles. The van der Waals surface area contributed by atoms with Crippen molar-refractivity contribution in [1.29, 1.82) is 5.26 Å². The Morgan fingerprint density at radius 1 is 1.25 bits per heavy atom. The van der Waals surface area contributed by atoms with Crippen LogP contribution in [0.2, 0.25) is 0 Å². The summed E-state index contributed by atoms with van der Waals surface area (Å²) >= 11 is -0.00445. The number of rotatable bonds is 2. The van der Waals surface area contributed by atoms with Gasteiger partial charge in [-0.05, 0) is 0 Å². The third-order valence-electron chi connectivity index (χ3n) is 1.71. The molecule has 0 aromatic heterocycles. The topological polar surface area (TPSA) is 23.8 Å². The molecule has 0 aliphatic rings. The van der Waals surface area contributed by atoms with Crippen molar-refractivity contribution < 1.29 is 0 Å². The summed E-state index contributed by atoms with van der Waals surface area (Å²) in [5.41, 5.74) is 1.34. The molecule has 0 N–H and O–H groups in total. The molecule has 2 heteroatoms. The zero-order valence-electron chi connectivity index (χ0n) is 7.24. The predicted octanol–water partition coefficient (Wildman–Crippen LogP) is 1.62. The zero-order valence-corrected chi connectivity index (χ0v) is 8.96. The first kappa shape index (κ1) is 9.32. The van der Waals surface area contributed by atoms with Gasteiger partial charge in [0.1, 0.15) is 0 Å². The molecule has 0 saturated carbocycles.